The van der Waals surface area contributed by atoms with E-state index < -0.39 is 0 Å². The van der Waals surface area contributed by atoms with Crippen molar-refractivity contribution in [1.29, 1.82) is 0 Å². The first-order valence-electron chi connectivity index (χ1n) is 10.4. The second-order valence-corrected chi connectivity index (χ2v) is 8.61. The van der Waals surface area contributed by atoms with Crippen molar-refractivity contribution in [3.63, 3.8) is 0 Å². The molecule has 1 aliphatic rings. The largest absolute Gasteiger partial charge is 0.507 e. The molecule has 0 bridgehead atoms. The predicted octanol–water partition coefficient (Wildman–Crippen LogP) is 6.04. The highest BCUT2D eigenvalue weighted by Gasteiger charge is 2.28. The van der Waals surface area contributed by atoms with Gasteiger partial charge in [0.25, 0.3) is 0 Å². The van der Waals surface area contributed by atoms with Gasteiger partial charge in [-0.15, -0.1) is 0 Å². The Bertz CT molecular complexity index is 1520. The Morgan fingerprint density at radius 2 is 1.76 bits per heavy atom. The number of phenolic OH excluding ortho intramolecular Hbond substituents is 1. The van der Waals surface area contributed by atoms with Crippen LogP contribution in [-0.4, -0.2) is 25.8 Å². The van der Waals surface area contributed by atoms with Crippen molar-refractivity contribution in [2.45, 2.75) is 6.61 Å². The van der Waals surface area contributed by atoms with Gasteiger partial charge in [-0.1, -0.05) is 53.7 Å². The summed E-state index contributed by atoms with van der Waals surface area (Å²) in [5.74, 6) is 0.961. The molecule has 0 spiro atoms. The fourth-order valence-electron chi connectivity index (χ4n) is 4.19. The smallest absolute Gasteiger partial charge is 0.142 e. The van der Waals surface area contributed by atoms with Crippen LogP contribution in [0.3, 0.4) is 0 Å². The van der Waals surface area contributed by atoms with Crippen molar-refractivity contribution in [3.8, 4) is 28.3 Å². The van der Waals surface area contributed by atoms with Crippen LogP contribution in [-0.2, 0) is 11.4 Å². The van der Waals surface area contributed by atoms with Gasteiger partial charge in [-0.3, -0.25) is 4.98 Å². The second-order valence-electron chi connectivity index (χ2n) is 7.75. The summed E-state index contributed by atoms with van der Waals surface area (Å²) in [5, 5.41) is 14.4. The van der Waals surface area contributed by atoms with Gasteiger partial charge in [-0.25, -0.2) is 4.98 Å². The quantitative estimate of drug-likeness (QED) is 0.291. The highest BCUT2D eigenvalue weighted by Crippen LogP contribution is 2.42. The van der Waals surface area contributed by atoms with Crippen LogP contribution >= 0.6 is 15.9 Å². The minimum atomic E-state index is 0.172. The van der Waals surface area contributed by atoms with Gasteiger partial charge in [0.1, 0.15) is 29.4 Å². The van der Waals surface area contributed by atoms with E-state index in [0.29, 0.717) is 4.47 Å². The van der Waals surface area contributed by atoms with Crippen LogP contribution in [0.25, 0.3) is 33.5 Å². The number of oxime groups is 1. The molecule has 33 heavy (non-hydrogen) atoms. The molecule has 0 radical (unpaired) electrons. The summed E-state index contributed by atoms with van der Waals surface area (Å²) >= 11 is 3.30. The monoisotopic (exact) mass is 496 g/mol. The molecule has 2 heterocycles. The van der Waals surface area contributed by atoms with E-state index in [1.807, 2.05) is 30.3 Å². The maximum absolute atomic E-state index is 9.91. The Balaban J connectivity index is 1.42. The zero-order valence-corrected chi connectivity index (χ0v) is 18.9. The van der Waals surface area contributed by atoms with Gasteiger partial charge < -0.3 is 14.9 Å². The standard InChI is InChI=1S/C26H17BrN4O2/c27-20-9-8-15(12-23(20)32)14-33-31-25-17-5-2-1-4-16(17)24-18(25)6-3-7-19(24)26-29-21-10-11-28-13-22(21)30-26/h1-13,32H,14H2,(H,29,30)/b31-25+. The minimum absolute atomic E-state index is 0.172. The fourth-order valence-corrected chi connectivity index (χ4v) is 4.44. The lowest BCUT2D eigenvalue weighted by molar-refractivity contribution is 0.131. The molecule has 0 saturated carbocycles. The summed E-state index contributed by atoms with van der Waals surface area (Å²) in [7, 11) is 0. The number of rotatable bonds is 4. The normalized spacial score (nSPS) is 13.3. The first-order chi connectivity index (χ1) is 16.2. The van der Waals surface area contributed by atoms with E-state index in [2.05, 4.69) is 55.3 Å². The fraction of sp³-hybridized carbons (Fsp3) is 0.0385. The van der Waals surface area contributed by atoms with Gasteiger partial charge in [-0.2, -0.15) is 0 Å². The lowest BCUT2D eigenvalue weighted by Gasteiger charge is -2.07. The average molecular weight is 497 g/mol. The summed E-state index contributed by atoms with van der Waals surface area (Å²) in [6, 6.07) is 21.5. The molecule has 7 heteroatoms. The Hall–Kier alpha value is -3.97. The predicted molar refractivity (Wildman–Crippen MR) is 131 cm³/mol. The van der Waals surface area contributed by atoms with Gasteiger partial charge in [0.15, 0.2) is 0 Å². The van der Waals surface area contributed by atoms with Crippen LogP contribution in [0.1, 0.15) is 16.7 Å². The van der Waals surface area contributed by atoms with E-state index in [1.54, 1.807) is 24.5 Å². The third-order valence-electron chi connectivity index (χ3n) is 5.71. The Labute approximate surface area is 197 Å². The molecule has 0 fully saturated rings. The highest BCUT2D eigenvalue weighted by atomic mass is 79.9. The summed E-state index contributed by atoms with van der Waals surface area (Å²) < 4.78 is 0.644. The number of phenols is 1. The minimum Gasteiger partial charge on any atom is -0.507 e. The summed E-state index contributed by atoms with van der Waals surface area (Å²) in [5.41, 5.74) is 8.54. The van der Waals surface area contributed by atoms with Crippen molar-refractivity contribution in [1.82, 2.24) is 15.0 Å². The number of halogens is 1. The molecule has 0 aliphatic heterocycles. The van der Waals surface area contributed by atoms with Gasteiger partial charge >= 0.3 is 0 Å². The number of nitrogens with zero attached hydrogens (tertiary/aromatic N) is 3. The molecular formula is C26H17BrN4O2. The Morgan fingerprint density at radius 3 is 2.61 bits per heavy atom. The van der Waals surface area contributed by atoms with Gasteiger partial charge in [-0.05, 0) is 45.3 Å². The van der Waals surface area contributed by atoms with Crippen molar-refractivity contribution in [3.05, 3.63) is 100 Å². The van der Waals surface area contributed by atoms with Crippen molar-refractivity contribution < 1.29 is 9.94 Å². The highest BCUT2D eigenvalue weighted by molar-refractivity contribution is 9.10. The van der Waals surface area contributed by atoms with E-state index in [1.165, 1.54) is 0 Å². The number of H-pyrrole nitrogens is 1. The van der Waals surface area contributed by atoms with E-state index in [9.17, 15) is 5.11 Å². The van der Waals surface area contributed by atoms with Gasteiger partial charge in [0.05, 0.1) is 16.2 Å². The van der Waals surface area contributed by atoms with Crippen molar-refractivity contribution >= 4 is 32.7 Å². The van der Waals surface area contributed by atoms with Crippen LogP contribution in [0.5, 0.6) is 5.75 Å². The number of pyridine rings is 1. The van der Waals surface area contributed by atoms with Crippen LogP contribution < -0.4 is 0 Å². The lowest BCUT2D eigenvalue weighted by atomic mass is 9.99. The topological polar surface area (TPSA) is 83.4 Å². The number of benzene rings is 3. The van der Waals surface area contributed by atoms with Gasteiger partial charge in [0.2, 0.25) is 0 Å². The third kappa shape index (κ3) is 3.37. The zero-order valence-electron chi connectivity index (χ0n) is 17.3. The summed E-state index contributed by atoms with van der Waals surface area (Å²) in [6.45, 7) is 0.248. The molecule has 2 aromatic heterocycles. The number of imidazole rings is 1. The first-order valence-corrected chi connectivity index (χ1v) is 11.2. The molecule has 6 rings (SSSR count). The van der Waals surface area contributed by atoms with Crippen molar-refractivity contribution in [2.75, 3.05) is 0 Å². The van der Waals surface area contributed by atoms with Gasteiger partial charge in [0, 0.05) is 28.5 Å². The summed E-state index contributed by atoms with van der Waals surface area (Å²) in [6.07, 6.45) is 3.51. The number of hydrogen-bond donors (Lipinski definition) is 2. The summed E-state index contributed by atoms with van der Waals surface area (Å²) in [4.78, 5) is 18.1. The SMILES string of the molecule is Oc1cc(CO/N=C2\c3ccccc3-c3c2cccc3-c2nc3cnccc3[nH]2)ccc1Br. The molecule has 0 amide bonds. The van der Waals surface area contributed by atoms with Crippen LogP contribution in [0.15, 0.2) is 88.8 Å². The third-order valence-corrected chi connectivity index (χ3v) is 6.38. The molecule has 0 saturated heterocycles. The molecule has 0 atom stereocenters. The van der Waals surface area contributed by atoms with E-state index >= 15 is 0 Å². The number of aromatic hydroxyl groups is 1. The van der Waals surface area contributed by atoms with E-state index in [-0.39, 0.29) is 12.4 Å². The van der Waals surface area contributed by atoms with E-state index in [0.717, 1.165) is 56.0 Å². The zero-order chi connectivity index (χ0) is 22.4. The molecule has 6 nitrogen and oxygen atoms in total. The second kappa shape index (κ2) is 7.86. The molecule has 2 N–H and O–H groups in total. The number of nitrogens with one attached hydrogen (secondary N) is 1. The first kappa shape index (κ1) is 19.7. The molecule has 1 aliphatic carbocycles. The molecule has 3 aromatic carbocycles. The Kier molecular flexibility index (Phi) is 4.69. The molecule has 0 unspecified atom stereocenters. The lowest BCUT2D eigenvalue weighted by Crippen LogP contribution is -2.00. The molecule has 5 aromatic rings. The number of aromatic nitrogens is 3. The van der Waals surface area contributed by atoms with Crippen LogP contribution in [0.4, 0.5) is 0 Å². The Morgan fingerprint density at radius 1 is 0.939 bits per heavy atom. The average Bonchev–Trinajstić information content (AvgIpc) is 3.41. The maximum Gasteiger partial charge on any atom is 0.142 e. The molecular weight excluding hydrogens is 480 g/mol. The van der Waals surface area contributed by atoms with Crippen LogP contribution in [0, 0.1) is 0 Å². The number of aromatic amines is 1. The molecule has 160 valence electrons. The maximum atomic E-state index is 9.91. The number of fused-ring (bicyclic) bond motifs is 4. The number of hydrogen-bond acceptors (Lipinski definition) is 5. The van der Waals surface area contributed by atoms with Crippen molar-refractivity contribution in [2.24, 2.45) is 5.16 Å². The van der Waals surface area contributed by atoms with Crippen LogP contribution in [0.2, 0.25) is 0 Å². The van der Waals surface area contributed by atoms with E-state index in [4.69, 9.17) is 9.82 Å².